The third-order valence-electron chi connectivity index (χ3n) is 3.39. The average Bonchev–Trinajstić information content (AvgIpc) is 2.61. The molecule has 0 spiro atoms. The third-order valence-corrected chi connectivity index (χ3v) is 4.09. The van der Waals surface area contributed by atoms with E-state index in [0.717, 1.165) is 10.0 Å². The maximum Gasteiger partial charge on any atom is 0.269 e. The first-order chi connectivity index (χ1) is 12.4. The normalized spacial score (nSPS) is 9.96. The van der Waals surface area contributed by atoms with Crippen LogP contribution < -0.4 is 20.9 Å². The number of hydrogen-bond donors (Lipinski definition) is 3. The third kappa shape index (κ3) is 5.27. The Morgan fingerprint density at radius 3 is 2.50 bits per heavy atom. The summed E-state index contributed by atoms with van der Waals surface area (Å²) in [6, 6.07) is 12.2. The zero-order valence-electron chi connectivity index (χ0n) is 14.3. The first kappa shape index (κ1) is 19.9. The van der Waals surface area contributed by atoms with Gasteiger partial charge in [-0.15, -0.1) is 0 Å². The second-order valence-electron chi connectivity index (χ2n) is 5.25. The molecule has 0 aromatic heterocycles. The van der Waals surface area contributed by atoms with E-state index in [9.17, 15) is 9.59 Å². The number of benzene rings is 2. The largest absolute Gasteiger partial charge is 0.493 e. The van der Waals surface area contributed by atoms with Crippen LogP contribution in [0.15, 0.2) is 46.9 Å². The number of thiocarbonyl (C=S) groups is 1. The molecule has 136 valence electrons. The van der Waals surface area contributed by atoms with Crippen molar-refractivity contribution in [2.24, 2.45) is 0 Å². The highest BCUT2D eigenvalue weighted by atomic mass is 79.9. The van der Waals surface area contributed by atoms with Crippen molar-refractivity contribution in [2.75, 3.05) is 6.61 Å². The molecule has 0 fully saturated rings. The van der Waals surface area contributed by atoms with E-state index < -0.39 is 5.91 Å². The van der Waals surface area contributed by atoms with Gasteiger partial charge in [0.2, 0.25) is 0 Å². The minimum Gasteiger partial charge on any atom is -0.493 e. The van der Waals surface area contributed by atoms with E-state index in [2.05, 4.69) is 32.1 Å². The van der Waals surface area contributed by atoms with Gasteiger partial charge < -0.3 is 4.74 Å². The minimum atomic E-state index is -0.447. The van der Waals surface area contributed by atoms with Crippen molar-refractivity contribution in [1.82, 2.24) is 16.2 Å². The van der Waals surface area contributed by atoms with E-state index in [0.29, 0.717) is 23.5 Å². The second-order valence-corrected chi connectivity index (χ2v) is 6.57. The lowest BCUT2D eigenvalue weighted by molar-refractivity contribution is 0.0933. The Bertz CT molecular complexity index is 842. The fourth-order valence-electron chi connectivity index (χ4n) is 2.17. The zero-order chi connectivity index (χ0) is 19.1. The van der Waals surface area contributed by atoms with Gasteiger partial charge in [0.25, 0.3) is 11.8 Å². The van der Waals surface area contributed by atoms with Crippen molar-refractivity contribution in [2.45, 2.75) is 13.8 Å². The number of ether oxygens (including phenoxy) is 1. The highest BCUT2D eigenvalue weighted by Gasteiger charge is 2.15. The lowest BCUT2D eigenvalue weighted by Crippen LogP contribution is -2.48. The van der Waals surface area contributed by atoms with Crippen LogP contribution in [0.4, 0.5) is 0 Å². The Morgan fingerprint density at radius 2 is 1.81 bits per heavy atom. The molecule has 0 aliphatic heterocycles. The summed E-state index contributed by atoms with van der Waals surface area (Å²) in [6.07, 6.45) is 0. The SMILES string of the molecule is CCOc1ccc(Br)cc1C(=O)NC(=S)NNC(=O)c1ccccc1C. The average molecular weight is 436 g/mol. The predicted molar refractivity (Wildman–Crippen MR) is 107 cm³/mol. The Kier molecular flexibility index (Phi) is 7.11. The molecule has 0 bridgehead atoms. The number of aryl methyl sites for hydroxylation is 1. The molecule has 0 heterocycles. The van der Waals surface area contributed by atoms with Crippen molar-refractivity contribution in [1.29, 1.82) is 0 Å². The summed E-state index contributed by atoms with van der Waals surface area (Å²) in [6.45, 7) is 4.09. The topological polar surface area (TPSA) is 79.5 Å². The first-order valence-corrected chi connectivity index (χ1v) is 9.02. The Labute approximate surface area is 165 Å². The lowest BCUT2D eigenvalue weighted by atomic mass is 10.1. The van der Waals surface area contributed by atoms with Crippen molar-refractivity contribution in [3.63, 3.8) is 0 Å². The van der Waals surface area contributed by atoms with Crippen LogP contribution in [0.2, 0.25) is 0 Å². The monoisotopic (exact) mass is 435 g/mol. The molecule has 0 atom stereocenters. The Hall–Kier alpha value is -2.45. The molecule has 2 aromatic rings. The van der Waals surface area contributed by atoms with Crippen LogP contribution >= 0.6 is 28.1 Å². The highest BCUT2D eigenvalue weighted by Crippen LogP contribution is 2.23. The Morgan fingerprint density at radius 1 is 1.08 bits per heavy atom. The molecular formula is C18H18BrN3O3S. The van der Waals surface area contributed by atoms with Gasteiger partial charge in [0, 0.05) is 10.0 Å². The van der Waals surface area contributed by atoms with E-state index >= 15 is 0 Å². The lowest BCUT2D eigenvalue weighted by Gasteiger charge is -2.13. The van der Waals surface area contributed by atoms with Crippen LogP contribution in [-0.2, 0) is 0 Å². The van der Waals surface area contributed by atoms with Gasteiger partial charge in [-0.3, -0.25) is 25.8 Å². The van der Waals surface area contributed by atoms with Crippen LogP contribution in [0.3, 0.4) is 0 Å². The van der Waals surface area contributed by atoms with Crippen LogP contribution in [-0.4, -0.2) is 23.5 Å². The first-order valence-electron chi connectivity index (χ1n) is 7.82. The summed E-state index contributed by atoms with van der Waals surface area (Å²) in [4.78, 5) is 24.6. The fraction of sp³-hybridized carbons (Fsp3) is 0.167. The molecule has 2 rings (SSSR count). The van der Waals surface area contributed by atoms with Gasteiger partial charge in [-0.1, -0.05) is 34.1 Å². The van der Waals surface area contributed by atoms with Crippen molar-refractivity contribution >= 4 is 45.1 Å². The molecule has 0 unspecified atom stereocenters. The fourth-order valence-corrected chi connectivity index (χ4v) is 2.68. The number of hydrazine groups is 1. The molecule has 0 saturated carbocycles. The molecule has 0 radical (unpaired) electrons. The van der Waals surface area contributed by atoms with Crippen LogP contribution in [0.25, 0.3) is 0 Å². The molecular weight excluding hydrogens is 418 g/mol. The standard InChI is InChI=1S/C18H18BrN3O3S/c1-3-25-15-9-8-12(19)10-14(15)16(23)20-18(26)22-21-17(24)13-7-5-4-6-11(13)2/h4-10H,3H2,1-2H3,(H,21,24)(H2,20,22,23,26). The van der Waals surface area contributed by atoms with Gasteiger partial charge in [0.15, 0.2) is 5.11 Å². The van der Waals surface area contributed by atoms with E-state index in [1.54, 1.807) is 30.3 Å². The molecule has 6 nitrogen and oxygen atoms in total. The second kappa shape index (κ2) is 9.30. The van der Waals surface area contributed by atoms with E-state index in [-0.39, 0.29) is 11.0 Å². The van der Waals surface area contributed by atoms with E-state index in [1.807, 2.05) is 26.0 Å². The molecule has 0 aliphatic carbocycles. The van der Waals surface area contributed by atoms with Gasteiger partial charge in [0.1, 0.15) is 5.75 Å². The van der Waals surface area contributed by atoms with Gasteiger partial charge >= 0.3 is 0 Å². The zero-order valence-corrected chi connectivity index (χ0v) is 16.7. The smallest absolute Gasteiger partial charge is 0.269 e. The number of amides is 2. The molecule has 8 heteroatoms. The number of carbonyl (C=O) groups is 2. The molecule has 2 aromatic carbocycles. The number of rotatable bonds is 4. The number of hydrogen-bond acceptors (Lipinski definition) is 4. The number of nitrogens with one attached hydrogen (secondary N) is 3. The molecule has 2 amide bonds. The van der Waals surface area contributed by atoms with Crippen molar-refractivity contribution in [3.05, 3.63) is 63.6 Å². The quantitative estimate of drug-likeness (QED) is 0.507. The van der Waals surface area contributed by atoms with E-state index in [1.165, 1.54) is 0 Å². The number of carbonyl (C=O) groups excluding carboxylic acids is 2. The summed E-state index contributed by atoms with van der Waals surface area (Å²) < 4.78 is 6.18. The van der Waals surface area contributed by atoms with Crippen molar-refractivity contribution in [3.8, 4) is 5.75 Å². The van der Waals surface area contributed by atoms with Crippen LogP contribution in [0, 0.1) is 6.92 Å². The maximum absolute atomic E-state index is 12.4. The van der Waals surface area contributed by atoms with Gasteiger partial charge in [-0.2, -0.15) is 0 Å². The Balaban J connectivity index is 1.98. The number of halogens is 1. The van der Waals surface area contributed by atoms with Gasteiger partial charge in [0.05, 0.1) is 12.2 Å². The van der Waals surface area contributed by atoms with Gasteiger partial charge in [-0.25, -0.2) is 0 Å². The molecule has 0 saturated heterocycles. The van der Waals surface area contributed by atoms with Crippen molar-refractivity contribution < 1.29 is 14.3 Å². The summed E-state index contributed by atoms with van der Waals surface area (Å²) in [5, 5.41) is 2.48. The summed E-state index contributed by atoms with van der Waals surface area (Å²) in [5.74, 6) is -0.352. The summed E-state index contributed by atoms with van der Waals surface area (Å²) >= 11 is 8.39. The van der Waals surface area contributed by atoms with Crippen LogP contribution in [0.1, 0.15) is 33.2 Å². The van der Waals surface area contributed by atoms with Gasteiger partial charge in [-0.05, 0) is 55.9 Å². The van der Waals surface area contributed by atoms with E-state index in [4.69, 9.17) is 17.0 Å². The predicted octanol–water partition coefficient (Wildman–Crippen LogP) is 3.11. The maximum atomic E-state index is 12.4. The minimum absolute atomic E-state index is 0.0284. The summed E-state index contributed by atoms with van der Waals surface area (Å²) in [5.41, 5.74) is 6.66. The molecule has 26 heavy (non-hydrogen) atoms. The van der Waals surface area contributed by atoms with Crippen LogP contribution in [0.5, 0.6) is 5.75 Å². The molecule has 3 N–H and O–H groups in total. The molecule has 0 aliphatic rings. The summed E-state index contributed by atoms with van der Waals surface area (Å²) in [7, 11) is 0. The highest BCUT2D eigenvalue weighted by molar-refractivity contribution is 9.10.